The zero-order valence-electron chi connectivity index (χ0n) is 8.44. The van der Waals surface area contributed by atoms with Crippen LogP contribution >= 0.6 is 22.6 Å². The average molecular weight is 348 g/mol. The van der Waals surface area contributed by atoms with Crippen molar-refractivity contribution in [3.05, 3.63) is 39.5 Å². The van der Waals surface area contributed by atoms with Crippen molar-refractivity contribution in [3.63, 3.8) is 0 Å². The lowest BCUT2D eigenvalue weighted by molar-refractivity contribution is 0.483. The largest absolute Gasteiger partial charge is 0.294 e. The van der Waals surface area contributed by atoms with E-state index in [1.165, 1.54) is 12.1 Å². The Labute approximate surface area is 107 Å². The summed E-state index contributed by atoms with van der Waals surface area (Å²) in [6.45, 7) is 2.00. The highest BCUT2D eigenvalue weighted by atomic mass is 127. The van der Waals surface area contributed by atoms with Gasteiger partial charge in [0.25, 0.3) is 10.1 Å². The van der Waals surface area contributed by atoms with Crippen LogP contribution in [0.3, 0.4) is 0 Å². The van der Waals surface area contributed by atoms with Gasteiger partial charge in [0.1, 0.15) is 0 Å². The Morgan fingerprint density at radius 3 is 2.50 bits per heavy atom. The van der Waals surface area contributed by atoms with Gasteiger partial charge in [-0.1, -0.05) is 18.2 Å². The van der Waals surface area contributed by atoms with Gasteiger partial charge in [0.15, 0.2) is 0 Å². The van der Waals surface area contributed by atoms with Crippen LogP contribution in [0.1, 0.15) is 5.56 Å². The van der Waals surface area contributed by atoms with E-state index in [1.807, 2.05) is 19.1 Å². The third-order valence-corrected chi connectivity index (χ3v) is 4.70. The summed E-state index contributed by atoms with van der Waals surface area (Å²) in [4.78, 5) is -0.0698. The summed E-state index contributed by atoms with van der Waals surface area (Å²) >= 11 is 2.22. The molecule has 0 unspecified atom stereocenters. The van der Waals surface area contributed by atoms with Crippen LogP contribution < -0.4 is 0 Å². The van der Waals surface area contributed by atoms with Crippen LogP contribution in [-0.2, 0) is 10.1 Å². The molecule has 2 aromatic carbocycles. The monoisotopic (exact) mass is 348 g/mol. The molecule has 0 aliphatic carbocycles. The van der Waals surface area contributed by atoms with Crippen molar-refractivity contribution in [1.29, 1.82) is 0 Å². The molecule has 84 valence electrons. The molecule has 0 aromatic heterocycles. The van der Waals surface area contributed by atoms with Crippen LogP contribution in [0.2, 0.25) is 0 Å². The summed E-state index contributed by atoms with van der Waals surface area (Å²) in [5, 5.41) is 1.80. The van der Waals surface area contributed by atoms with E-state index in [-0.39, 0.29) is 4.90 Å². The Morgan fingerprint density at radius 1 is 1.19 bits per heavy atom. The number of benzene rings is 2. The molecule has 0 spiro atoms. The first-order valence-corrected chi connectivity index (χ1v) is 7.08. The molecule has 3 nitrogen and oxygen atoms in total. The number of halogens is 1. The minimum atomic E-state index is -4.12. The van der Waals surface area contributed by atoms with E-state index >= 15 is 0 Å². The number of rotatable bonds is 1. The molecule has 5 heteroatoms. The highest BCUT2D eigenvalue weighted by Crippen LogP contribution is 2.26. The molecule has 16 heavy (non-hydrogen) atoms. The van der Waals surface area contributed by atoms with E-state index in [1.54, 1.807) is 6.07 Å². The van der Waals surface area contributed by atoms with Gasteiger partial charge in [-0.2, -0.15) is 8.42 Å². The highest BCUT2D eigenvalue weighted by molar-refractivity contribution is 14.1. The molecule has 0 radical (unpaired) electrons. The molecule has 1 N–H and O–H groups in total. The van der Waals surface area contributed by atoms with Crippen LogP contribution in [0.25, 0.3) is 10.8 Å². The van der Waals surface area contributed by atoms with E-state index in [0.717, 1.165) is 19.9 Å². The van der Waals surface area contributed by atoms with Gasteiger partial charge in [-0.3, -0.25) is 4.55 Å². The SMILES string of the molecule is Cc1ccc2cc(S(=O)(=O)O)ccc2c1I. The van der Waals surface area contributed by atoms with Crippen LogP contribution in [0.5, 0.6) is 0 Å². The topological polar surface area (TPSA) is 54.4 Å². The molecule has 0 bridgehead atoms. The van der Waals surface area contributed by atoms with Crippen molar-refractivity contribution in [1.82, 2.24) is 0 Å². The Balaban J connectivity index is 2.80. The maximum atomic E-state index is 11.0. The Morgan fingerprint density at radius 2 is 1.88 bits per heavy atom. The van der Waals surface area contributed by atoms with Crippen molar-refractivity contribution in [2.45, 2.75) is 11.8 Å². The van der Waals surface area contributed by atoms with Gasteiger partial charge in [0.05, 0.1) is 4.90 Å². The Bertz CT molecular complexity index is 662. The van der Waals surface area contributed by atoms with E-state index in [9.17, 15) is 8.42 Å². The number of hydrogen-bond acceptors (Lipinski definition) is 2. The first-order valence-electron chi connectivity index (χ1n) is 4.56. The first kappa shape index (κ1) is 11.8. The fourth-order valence-electron chi connectivity index (χ4n) is 1.54. The van der Waals surface area contributed by atoms with Gasteiger partial charge >= 0.3 is 0 Å². The summed E-state index contributed by atoms with van der Waals surface area (Å²) in [5.41, 5.74) is 1.15. The molecule has 0 saturated carbocycles. The molecule has 2 rings (SSSR count). The lowest BCUT2D eigenvalue weighted by atomic mass is 10.1. The van der Waals surface area contributed by atoms with Crippen LogP contribution in [0, 0.1) is 10.5 Å². The molecule has 0 heterocycles. The second-order valence-electron chi connectivity index (χ2n) is 3.55. The third kappa shape index (κ3) is 2.07. The van der Waals surface area contributed by atoms with Gasteiger partial charge in [0, 0.05) is 3.57 Å². The van der Waals surface area contributed by atoms with Gasteiger partial charge in [-0.25, -0.2) is 0 Å². The summed E-state index contributed by atoms with van der Waals surface area (Å²) in [5.74, 6) is 0. The Kier molecular flexibility index (Phi) is 2.93. The predicted molar refractivity (Wildman–Crippen MR) is 71.2 cm³/mol. The van der Waals surface area contributed by atoms with E-state index in [2.05, 4.69) is 22.6 Å². The standard InChI is InChI=1S/C11H9IO3S/c1-7-2-3-8-6-9(16(13,14)15)4-5-10(8)11(7)12/h2-6H,1H3,(H,13,14,15). The average Bonchev–Trinajstić information content (AvgIpc) is 2.22. The zero-order valence-corrected chi connectivity index (χ0v) is 11.4. The summed E-state index contributed by atoms with van der Waals surface area (Å²) in [7, 11) is -4.12. The second kappa shape index (κ2) is 3.97. The molecule has 2 aromatic rings. The summed E-state index contributed by atoms with van der Waals surface area (Å²) < 4.78 is 32.0. The van der Waals surface area contributed by atoms with E-state index < -0.39 is 10.1 Å². The summed E-state index contributed by atoms with van der Waals surface area (Å²) in [6.07, 6.45) is 0. The quantitative estimate of drug-likeness (QED) is 0.637. The fourth-order valence-corrected chi connectivity index (χ4v) is 2.73. The minimum Gasteiger partial charge on any atom is -0.282 e. The summed E-state index contributed by atoms with van der Waals surface area (Å²) in [6, 6.07) is 8.39. The van der Waals surface area contributed by atoms with Gasteiger partial charge < -0.3 is 0 Å². The normalized spacial score (nSPS) is 11.9. The molecule has 0 aliphatic rings. The molecule has 0 aliphatic heterocycles. The minimum absolute atomic E-state index is 0.0698. The highest BCUT2D eigenvalue weighted by Gasteiger charge is 2.10. The lowest BCUT2D eigenvalue weighted by Gasteiger charge is -2.05. The molecule has 0 amide bonds. The number of fused-ring (bicyclic) bond motifs is 1. The second-order valence-corrected chi connectivity index (χ2v) is 6.05. The van der Waals surface area contributed by atoms with Gasteiger partial charge in [0.2, 0.25) is 0 Å². The van der Waals surface area contributed by atoms with E-state index in [4.69, 9.17) is 4.55 Å². The van der Waals surface area contributed by atoms with Crippen molar-refractivity contribution in [2.75, 3.05) is 0 Å². The molecule has 0 atom stereocenters. The maximum absolute atomic E-state index is 11.0. The molecular weight excluding hydrogens is 339 g/mol. The van der Waals surface area contributed by atoms with E-state index in [0.29, 0.717) is 0 Å². The Hall–Kier alpha value is -0.660. The maximum Gasteiger partial charge on any atom is 0.294 e. The van der Waals surface area contributed by atoms with Crippen LogP contribution in [0.15, 0.2) is 35.2 Å². The number of hydrogen-bond donors (Lipinski definition) is 1. The van der Waals surface area contributed by atoms with Crippen molar-refractivity contribution >= 4 is 43.5 Å². The molecular formula is C11H9IO3S. The zero-order chi connectivity index (χ0) is 11.9. The van der Waals surface area contributed by atoms with Gasteiger partial charge in [-0.15, -0.1) is 0 Å². The number of aryl methyl sites for hydroxylation is 1. The van der Waals surface area contributed by atoms with Crippen LogP contribution in [-0.4, -0.2) is 13.0 Å². The molecule has 0 fully saturated rings. The molecule has 0 saturated heterocycles. The van der Waals surface area contributed by atoms with Crippen molar-refractivity contribution in [3.8, 4) is 0 Å². The lowest BCUT2D eigenvalue weighted by Crippen LogP contribution is -1.97. The first-order chi connectivity index (χ1) is 7.39. The van der Waals surface area contributed by atoms with Crippen molar-refractivity contribution in [2.24, 2.45) is 0 Å². The van der Waals surface area contributed by atoms with Crippen molar-refractivity contribution < 1.29 is 13.0 Å². The predicted octanol–water partition coefficient (Wildman–Crippen LogP) is 3.00. The fraction of sp³-hybridized carbons (Fsp3) is 0.0909. The van der Waals surface area contributed by atoms with Crippen LogP contribution in [0.4, 0.5) is 0 Å². The smallest absolute Gasteiger partial charge is 0.282 e. The third-order valence-electron chi connectivity index (χ3n) is 2.42. The van der Waals surface area contributed by atoms with Gasteiger partial charge in [-0.05, 0) is 58.0 Å².